The van der Waals surface area contributed by atoms with Gasteiger partial charge in [0.05, 0.1) is 11.5 Å². The Bertz CT molecular complexity index is 266. The Balaban J connectivity index is 1.89. The second kappa shape index (κ2) is 5.36. The van der Waals surface area contributed by atoms with Gasteiger partial charge in [0.25, 0.3) is 0 Å². The average molecular weight is 241 g/mol. The first kappa shape index (κ1) is 12.8. The Morgan fingerprint density at radius 2 is 1.94 bits per heavy atom. The van der Waals surface area contributed by atoms with Gasteiger partial charge in [-0.1, -0.05) is 12.8 Å². The summed E-state index contributed by atoms with van der Waals surface area (Å²) >= 11 is 0. The summed E-state index contributed by atoms with van der Waals surface area (Å²) in [6.45, 7) is 2.69. The lowest BCUT2D eigenvalue weighted by atomic mass is 9.85. The topological polar surface area (TPSA) is 49.8 Å². The van der Waals surface area contributed by atoms with Gasteiger partial charge in [-0.25, -0.2) is 0 Å². The van der Waals surface area contributed by atoms with Crippen molar-refractivity contribution < 1.29 is 14.6 Å². The van der Waals surface area contributed by atoms with Gasteiger partial charge >= 0.3 is 5.97 Å². The number of ether oxygens (including phenoxy) is 1. The molecule has 0 aromatic heterocycles. The van der Waals surface area contributed by atoms with E-state index in [4.69, 9.17) is 4.74 Å². The molecule has 1 saturated carbocycles. The molecule has 1 saturated heterocycles. The first-order valence-electron chi connectivity index (χ1n) is 6.65. The monoisotopic (exact) mass is 241 g/mol. The molecule has 0 aromatic rings. The van der Waals surface area contributed by atoms with E-state index in [0.717, 1.165) is 58.2 Å². The summed E-state index contributed by atoms with van der Waals surface area (Å²) in [4.78, 5) is 13.8. The van der Waals surface area contributed by atoms with Gasteiger partial charge in [0.1, 0.15) is 0 Å². The normalized spacial score (nSPS) is 26.2. The molecule has 4 heteroatoms. The molecule has 2 fully saturated rings. The molecule has 98 valence electrons. The van der Waals surface area contributed by atoms with E-state index in [9.17, 15) is 9.90 Å². The van der Waals surface area contributed by atoms with Crippen LogP contribution in [0.1, 0.15) is 38.5 Å². The van der Waals surface area contributed by atoms with Crippen molar-refractivity contribution in [1.82, 2.24) is 4.90 Å². The molecule has 0 unspecified atom stereocenters. The third-order valence-electron chi connectivity index (χ3n) is 4.41. The Morgan fingerprint density at radius 1 is 1.35 bits per heavy atom. The Kier molecular flexibility index (Phi) is 4.05. The van der Waals surface area contributed by atoms with Gasteiger partial charge in [-0.3, -0.25) is 4.79 Å². The number of hydrogen-bond acceptors (Lipinski definition) is 3. The lowest BCUT2D eigenvalue weighted by Crippen LogP contribution is -2.45. The molecule has 1 aliphatic carbocycles. The van der Waals surface area contributed by atoms with Crippen LogP contribution in [-0.2, 0) is 9.53 Å². The Hall–Kier alpha value is -0.610. The minimum atomic E-state index is -0.594. The molecule has 1 N–H and O–H groups in total. The number of hydrogen-bond donors (Lipinski definition) is 1. The second-order valence-corrected chi connectivity index (χ2v) is 5.50. The summed E-state index contributed by atoms with van der Waals surface area (Å²) in [6, 6.07) is 0. The summed E-state index contributed by atoms with van der Waals surface area (Å²) < 4.78 is 5.34. The highest BCUT2D eigenvalue weighted by atomic mass is 16.5. The van der Waals surface area contributed by atoms with Crippen molar-refractivity contribution in [2.75, 3.05) is 26.7 Å². The molecular formula is C13H23NO3. The largest absolute Gasteiger partial charge is 0.481 e. The zero-order chi connectivity index (χ0) is 12.3. The van der Waals surface area contributed by atoms with E-state index >= 15 is 0 Å². The van der Waals surface area contributed by atoms with Crippen molar-refractivity contribution in [1.29, 1.82) is 0 Å². The van der Waals surface area contributed by atoms with E-state index in [1.165, 1.54) is 0 Å². The van der Waals surface area contributed by atoms with Crippen molar-refractivity contribution >= 4 is 5.97 Å². The second-order valence-electron chi connectivity index (χ2n) is 5.50. The van der Waals surface area contributed by atoms with Crippen LogP contribution in [0.2, 0.25) is 0 Å². The molecular weight excluding hydrogens is 218 g/mol. The highest BCUT2D eigenvalue weighted by Gasteiger charge is 2.42. The maximum absolute atomic E-state index is 11.5. The van der Waals surface area contributed by atoms with Crippen LogP contribution in [0.3, 0.4) is 0 Å². The lowest BCUT2D eigenvalue weighted by molar-refractivity contribution is -0.150. The number of carbonyl (C=O) groups is 1. The van der Waals surface area contributed by atoms with E-state index < -0.39 is 11.4 Å². The number of carboxylic acids is 1. The van der Waals surface area contributed by atoms with Crippen molar-refractivity contribution in [2.24, 2.45) is 5.41 Å². The molecule has 2 rings (SSSR count). The molecule has 2 aliphatic rings. The molecule has 1 aliphatic heterocycles. The Labute approximate surface area is 103 Å². The van der Waals surface area contributed by atoms with Crippen LogP contribution in [0.25, 0.3) is 0 Å². The minimum absolute atomic E-state index is 0.371. The summed E-state index contributed by atoms with van der Waals surface area (Å²) in [5.41, 5.74) is -0.458. The smallest absolute Gasteiger partial charge is 0.310 e. The number of likely N-dealkylation sites (tertiary alicyclic amines) is 1. The van der Waals surface area contributed by atoms with Gasteiger partial charge in [-0.2, -0.15) is 0 Å². The van der Waals surface area contributed by atoms with E-state index in [-0.39, 0.29) is 0 Å². The van der Waals surface area contributed by atoms with E-state index in [1.807, 2.05) is 0 Å². The maximum atomic E-state index is 11.5. The quantitative estimate of drug-likeness (QED) is 0.814. The van der Waals surface area contributed by atoms with Crippen molar-refractivity contribution in [3.8, 4) is 0 Å². The number of rotatable bonds is 4. The predicted molar refractivity (Wildman–Crippen MR) is 65.0 cm³/mol. The highest BCUT2D eigenvalue weighted by Crippen LogP contribution is 2.39. The standard InChI is InChI=1S/C13H23NO3/c1-17-11-4-8-14(9-5-11)10-13(12(15)16)6-2-3-7-13/h11H,2-10H2,1H3,(H,15,16). The van der Waals surface area contributed by atoms with Crippen LogP contribution in [-0.4, -0.2) is 48.8 Å². The highest BCUT2D eigenvalue weighted by molar-refractivity contribution is 5.75. The Morgan fingerprint density at radius 3 is 2.41 bits per heavy atom. The summed E-state index contributed by atoms with van der Waals surface area (Å²) in [6.07, 6.45) is 6.29. The van der Waals surface area contributed by atoms with Crippen LogP contribution in [0, 0.1) is 5.41 Å². The zero-order valence-electron chi connectivity index (χ0n) is 10.7. The molecule has 0 atom stereocenters. The molecule has 0 amide bonds. The molecule has 0 aromatic carbocycles. The SMILES string of the molecule is COC1CCN(CC2(C(=O)O)CCCC2)CC1. The van der Waals surface area contributed by atoms with E-state index in [0.29, 0.717) is 6.10 Å². The summed E-state index contributed by atoms with van der Waals surface area (Å²) in [5, 5.41) is 9.44. The molecule has 4 nitrogen and oxygen atoms in total. The first-order valence-corrected chi connectivity index (χ1v) is 6.65. The lowest BCUT2D eigenvalue weighted by Gasteiger charge is -2.36. The van der Waals surface area contributed by atoms with Gasteiger partial charge in [-0.05, 0) is 25.7 Å². The van der Waals surface area contributed by atoms with Crippen LogP contribution < -0.4 is 0 Å². The van der Waals surface area contributed by atoms with Gasteiger partial charge in [0.15, 0.2) is 0 Å². The fourth-order valence-electron chi connectivity index (χ4n) is 3.22. The fourth-order valence-corrected chi connectivity index (χ4v) is 3.22. The zero-order valence-corrected chi connectivity index (χ0v) is 10.7. The van der Waals surface area contributed by atoms with Crippen LogP contribution >= 0.6 is 0 Å². The van der Waals surface area contributed by atoms with E-state index in [2.05, 4.69) is 4.90 Å². The number of aliphatic carboxylic acids is 1. The number of carboxylic acid groups (broad SMARTS) is 1. The van der Waals surface area contributed by atoms with Gasteiger partial charge in [0, 0.05) is 26.7 Å². The summed E-state index contributed by atoms with van der Waals surface area (Å²) in [5.74, 6) is -0.594. The first-order chi connectivity index (χ1) is 8.16. The van der Waals surface area contributed by atoms with Crippen LogP contribution in [0.5, 0.6) is 0 Å². The van der Waals surface area contributed by atoms with E-state index in [1.54, 1.807) is 7.11 Å². The van der Waals surface area contributed by atoms with Crippen molar-refractivity contribution in [2.45, 2.75) is 44.6 Å². The number of methoxy groups -OCH3 is 1. The van der Waals surface area contributed by atoms with Gasteiger partial charge < -0.3 is 14.7 Å². The number of nitrogens with zero attached hydrogens (tertiary/aromatic N) is 1. The molecule has 0 bridgehead atoms. The van der Waals surface area contributed by atoms with Crippen LogP contribution in [0.15, 0.2) is 0 Å². The molecule has 17 heavy (non-hydrogen) atoms. The fraction of sp³-hybridized carbons (Fsp3) is 0.923. The molecule has 0 radical (unpaired) electrons. The minimum Gasteiger partial charge on any atom is -0.481 e. The number of piperidine rings is 1. The van der Waals surface area contributed by atoms with Gasteiger partial charge in [0.2, 0.25) is 0 Å². The summed E-state index contributed by atoms with van der Waals surface area (Å²) in [7, 11) is 1.76. The van der Waals surface area contributed by atoms with Crippen LogP contribution in [0.4, 0.5) is 0 Å². The van der Waals surface area contributed by atoms with Crippen molar-refractivity contribution in [3.05, 3.63) is 0 Å². The maximum Gasteiger partial charge on any atom is 0.310 e. The van der Waals surface area contributed by atoms with Crippen molar-refractivity contribution in [3.63, 3.8) is 0 Å². The molecule has 0 spiro atoms. The molecule has 1 heterocycles. The average Bonchev–Trinajstić information content (AvgIpc) is 2.80. The third kappa shape index (κ3) is 2.80. The third-order valence-corrected chi connectivity index (χ3v) is 4.41. The predicted octanol–water partition coefficient (Wildman–Crippen LogP) is 1.74. The van der Waals surface area contributed by atoms with Gasteiger partial charge in [-0.15, -0.1) is 0 Å².